The predicted molar refractivity (Wildman–Crippen MR) is 83.3 cm³/mol. The molecule has 1 aromatic rings. The van der Waals surface area contributed by atoms with Crippen LogP contribution in [0.15, 0.2) is 12.3 Å². The summed E-state index contributed by atoms with van der Waals surface area (Å²) in [5.41, 5.74) is 0.342. The van der Waals surface area contributed by atoms with Gasteiger partial charge in [-0.3, -0.25) is 9.48 Å². The number of hydrogen-bond acceptors (Lipinski definition) is 2. The van der Waals surface area contributed by atoms with Crippen LogP contribution in [0, 0.1) is 11.3 Å². The van der Waals surface area contributed by atoms with Crippen LogP contribution in [-0.2, 0) is 11.2 Å². The number of carboxylic acids is 1. The van der Waals surface area contributed by atoms with Crippen molar-refractivity contribution >= 4 is 5.97 Å². The Hall–Kier alpha value is -1.32. The van der Waals surface area contributed by atoms with E-state index in [1.165, 1.54) is 0 Å². The maximum atomic E-state index is 11.8. The van der Waals surface area contributed by atoms with Crippen molar-refractivity contribution < 1.29 is 9.90 Å². The highest BCUT2D eigenvalue weighted by Crippen LogP contribution is 2.45. The average molecular weight is 292 g/mol. The molecule has 1 N–H and O–H groups in total. The molecule has 0 bridgehead atoms. The number of carboxylic acid groups (broad SMARTS) is 1. The zero-order chi connectivity index (χ0) is 15.5. The van der Waals surface area contributed by atoms with Gasteiger partial charge in [-0.1, -0.05) is 27.2 Å². The van der Waals surface area contributed by atoms with Gasteiger partial charge < -0.3 is 5.11 Å². The fourth-order valence-corrected chi connectivity index (χ4v) is 3.70. The summed E-state index contributed by atoms with van der Waals surface area (Å²) >= 11 is 0. The van der Waals surface area contributed by atoms with E-state index >= 15 is 0 Å². The predicted octanol–water partition coefficient (Wildman–Crippen LogP) is 4.07. The summed E-state index contributed by atoms with van der Waals surface area (Å²) in [6.45, 7) is 6.48. The van der Waals surface area contributed by atoms with Crippen molar-refractivity contribution in [3.63, 3.8) is 0 Å². The fraction of sp³-hybridized carbons (Fsp3) is 0.765. The van der Waals surface area contributed by atoms with Gasteiger partial charge in [0, 0.05) is 12.6 Å². The largest absolute Gasteiger partial charge is 0.481 e. The zero-order valence-electron chi connectivity index (χ0n) is 13.5. The second-order valence-electron chi connectivity index (χ2n) is 6.54. The first-order valence-electron chi connectivity index (χ1n) is 8.32. The Morgan fingerprint density at radius 1 is 1.48 bits per heavy atom. The molecule has 1 heterocycles. The van der Waals surface area contributed by atoms with Crippen LogP contribution in [0.5, 0.6) is 0 Å². The van der Waals surface area contributed by atoms with Gasteiger partial charge in [-0.25, -0.2) is 0 Å². The minimum atomic E-state index is -0.643. The third-order valence-corrected chi connectivity index (χ3v) is 5.24. The van der Waals surface area contributed by atoms with Crippen LogP contribution in [0.1, 0.15) is 71.0 Å². The second kappa shape index (κ2) is 6.63. The summed E-state index contributed by atoms with van der Waals surface area (Å²) in [6, 6.07) is 2.42. The third kappa shape index (κ3) is 3.30. The average Bonchev–Trinajstić information content (AvgIpc) is 3.09. The normalized spacial score (nSPS) is 25.6. The molecule has 2 unspecified atom stereocenters. The minimum Gasteiger partial charge on any atom is -0.481 e. The third-order valence-electron chi connectivity index (χ3n) is 5.24. The van der Waals surface area contributed by atoms with Crippen LogP contribution in [0.4, 0.5) is 0 Å². The van der Waals surface area contributed by atoms with E-state index in [-0.39, 0.29) is 0 Å². The molecular formula is C17H28N2O2. The first-order valence-corrected chi connectivity index (χ1v) is 8.32. The maximum absolute atomic E-state index is 11.8. The topological polar surface area (TPSA) is 55.1 Å². The molecule has 0 radical (unpaired) electrons. The number of hydrogen-bond donors (Lipinski definition) is 1. The molecule has 21 heavy (non-hydrogen) atoms. The lowest BCUT2D eigenvalue weighted by Crippen LogP contribution is -2.31. The number of carbonyl (C=O) groups is 1. The molecule has 0 amide bonds. The molecule has 0 spiro atoms. The van der Waals surface area contributed by atoms with Crippen molar-refractivity contribution in [3.8, 4) is 0 Å². The lowest BCUT2D eigenvalue weighted by molar-refractivity contribution is -0.148. The Morgan fingerprint density at radius 2 is 2.19 bits per heavy atom. The van der Waals surface area contributed by atoms with E-state index in [0.717, 1.165) is 44.2 Å². The van der Waals surface area contributed by atoms with E-state index < -0.39 is 11.4 Å². The van der Waals surface area contributed by atoms with Crippen molar-refractivity contribution in [2.75, 3.05) is 0 Å². The van der Waals surface area contributed by atoms with Crippen molar-refractivity contribution in [3.05, 3.63) is 18.0 Å². The molecule has 0 saturated heterocycles. The van der Waals surface area contributed by atoms with Crippen LogP contribution in [-0.4, -0.2) is 20.9 Å². The van der Waals surface area contributed by atoms with E-state index in [4.69, 9.17) is 0 Å². The van der Waals surface area contributed by atoms with Gasteiger partial charge in [-0.05, 0) is 44.1 Å². The Morgan fingerprint density at radius 3 is 2.71 bits per heavy atom. The van der Waals surface area contributed by atoms with Gasteiger partial charge in [0.05, 0.1) is 17.2 Å². The van der Waals surface area contributed by atoms with E-state index in [1.54, 1.807) is 0 Å². The summed E-state index contributed by atoms with van der Waals surface area (Å²) < 4.78 is 2.01. The van der Waals surface area contributed by atoms with Gasteiger partial charge >= 0.3 is 5.97 Å². The van der Waals surface area contributed by atoms with Crippen LogP contribution < -0.4 is 0 Å². The molecule has 118 valence electrons. The second-order valence-corrected chi connectivity index (χ2v) is 6.54. The lowest BCUT2D eigenvalue weighted by atomic mass is 9.80. The lowest BCUT2D eigenvalue weighted by Gasteiger charge is -2.23. The molecule has 4 heteroatoms. The van der Waals surface area contributed by atoms with Gasteiger partial charge in [0.15, 0.2) is 0 Å². The molecule has 2 atom stereocenters. The van der Waals surface area contributed by atoms with E-state index in [2.05, 4.69) is 25.9 Å². The SMILES string of the molecule is CCC1CCC(Cc2ccn(C(CC)CC)n2)(C(=O)O)C1. The maximum Gasteiger partial charge on any atom is 0.310 e. The van der Waals surface area contributed by atoms with Crippen molar-refractivity contribution in [2.24, 2.45) is 11.3 Å². The first kappa shape index (κ1) is 16.1. The zero-order valence-corrected chi connectivity index (χ0v) is 13.5. The standard InChI is InChI=1S/C17H28N2O2/c1-4-13-7-9-17(11-13,16(20)21)12-14-8-10-19(18-14)15(5-2)6-3/h8,10,13,15H,4-7,9,11-12H2,1-3H3,(H,20,21). The molecular weight excluding hydrogens is 264 g/mol. The molecule has 1 saturated carbocycles. The van der Waals surface area contributed by atoms with Crippen LogP contribution in [0.25, 0.3) is 0 Å². The monoisotopic (exact) mass is 292 g/mol. The van der Waals surface area contributed by atoms with E-state index in [9.17, 15) is 9.90 Å². The summed E-state index contributed by atoms with van der Waals surface area (Å²) in [5.74, 6) is -0.0854. The molecule has 1 aromatic heterocycles. The van der Waals surface area contributed by atoms with E-state index in [1.807, 2.05) is 16.9 Å². The highest BCUT2D eigenvalue weighted by molar-refractivity contribution is 5.75. The molecule has 1 aliphatic carbocycles. The Kier molecular flexibility index (Phi) is 5.07. The van der Waals surface area contributed by atoms with Crippen LogP contribution >= 0.6 is 0 Å². The quantitative estimate of drug-likeness (QED) is 0.824. The van der Waals surface area contributed by atoms with Gasteiger partial charge in [0.1, 0.15) is 0 Å². The highest BCUT2D eigenvalue weighted by Gasteiger charge is 2.45. The fourth-order valence-electron chi connectivity index (χ4n) is 3.70. The van der Waals surface area contributed by atoms with E-state index in [0.29, 0.717) is 18.4 Å². The Balaban J connectivity index is 2.13. The number of aromatic nitrogens is 2. The molecule has 1 aliphatic rings. The minimum absolute atomic E-state index is 0.423. The number of nitrogens with zero attached hydrogens (tertiary/aromatic N) is 2. The summed E-state index contributed by atoms with van der Waals surface area (Å²) in [7, 11) is 0. The molecule has 4 nitrogen and oxygen atoms in total. The van der Waals surface area contributed by atoms with Crippen molar-refractivity contribution in [1.82, 2.24) is 9.78 Å². The van der Waals surface area contributed by atoms with Crippen molar-refractivity contribution in [1.29, 1.82) is 0 Å². The van der Waals surface area contributed by atoms with Crippen LogP contribution in [0.2, 0.25) is 0 Å². The van der Waals surface area contributed by atoms with Gasteiger partial charge in [0.25, 0.3) is 0 Å². The molecule has 0 aromatic carbocycles. The Bertz CT molecular complexity index is 479. The Labute approximate surface area is 127 Å². The highest BCUT2D eigenvalue weighted by atomic mass is 16.4. The molecule has 0 aliphatic heterocycles. The number of rotatable bonds is 7. The number of aliphatic carboxylic acids is 1. The molecule has 2 rings (SSSR count). The smallest absolute Gasteiger partial charge is 0.310 e. The molecule has 1 fully saturated rings. The van der Waals surface area contributed by atoms with Gasteiger partial charge in [-0.2, -0.15) is 5.10 Å². The van der Waals surface area contributed by atoms with Crippen molar-refractivity contribution in [2.45, 2.75) is 71.8 Å². The summed E-state index contributed by atoms with van der Waals surface area (Å²) in [4.78, 5) is 11.8. The summed E-state index contributed by atoms with van der Waals surface area (Å²) in [6.07, 6.45) is 8.41. The first-order chi connectivity index (χ1) is 10.0. The van der Waals surface area contributed by atoms with Gasteiger partial charge in [-0.15, -0.1) is 0 Å². The van der Waals surface area contributed by atoms with Crippen LogP contribution in [0.3, 0.4) is 0 Å². The summed E-state index contributed by atoms with van der Waals surface area (Å²) in [5, 5.41) is 14.4. The van der Waals surface area contributed by atoms with Gasteiger partial charge in [0.2, 0.25) is 0 Å².